The van der Waals surface area contributed by atoms with Gasteiger partial charge in [0.2, 0.25) is 0 Å². The van der Waals surface area contributed by atoms with Crippen molar-refractivity contribution >= 4 is 5.91 Å². The Morgan fingerprint density at radius 3 is 2.80 bits per heavy atom. The third-order valence-electron chi connectivity index (χ3n) is 6.17. The molecular weight excluding hydrogens is 442 g/mol. The van der Waals surface area contributed by atoms with E-state index in [1.54, 1.807) is 19.5 Å². The summed E-state index contributed by atoms with van der Waals surface area (Å²) in [6, 6.07) is 13.9. The Kier molecular flexibility index (Phi) is 6.97. The molecule has 0 unspecified atom stereocenters. The number of methoxy groups -OCH3 is 1. The summed E-state index contributed by atoms with van der Waals surface area (Å²) in [5.74, 6) is -0.167. The Morgan fingerprint density at radius 2 is 2.00 bits per heavy atom. The molecule has 0 radical (unpaired) electrons. The molecule has 0 bridgehead atoms. The molecule has 35 heavy (non-hydrogen) atoms. The molecule has 1 N–H and O–H groups in total. The van der Waals surface area contributed by atoms with Crippen LogP contribution in [0, 0.1) is 0 Å². The highest BCUT2D eigenvalue weighted by Gasteiger charge is 2.28. The number of carbonyl (C=O) groups is 1. The normalized spacial score (nSPS) is 13.5. The van der Waals surface area contributed by atoms with Gasteiger partial charge < -0.3 is 10.1 Å². The molecular formula is C26H29N7O2. The van der Waals surface area contributed by atoms with Crippen LogP contribution in [0.25, 0.3) is 5.69 Å². The number of nitrogens with zero attached hydrogens (tertiary/aromatic N) is 6. The lowest BCUT2D eigenvalue weighted by Gasteiger charge is -2.27. The zero-order valence-electron chi connectivity index (χ0n) is 19.8. The molecule has 0 saturated heterocycles. The fourth-order valence-corrected chi connectivity index (χ4v) is 4.42. The number of ether oxygens (including phenoxy) is 1. The van der Waals surface area contributed by atoms with Crippen molar-refractivity contribution in [1.29, 1.82) is 0 Å². The molecule has 0 atom stereocenters. The second-order valence-corrected chi connectivity index (χ2v) is 8.62. The molecule has 1 amide bonds. The van der Waals surface area contributed by atoms with Crippen molar-refractivity contribution < 1.29 is 9.53 Å². The SMILES string of the molecule is COCCn1nc(C(=O)NCc2cccnc2)c2c1CCN(Cc1cnn(-c3ccccc3)c1)C2. The average Bonchev–Trinajstić information content (AvgIpc) is 3.52. The lowest BCUT2D eigenvalue weighted by Crippen LogP contribution is -2.32. The highest BCUT2D eigenvalue weighted by atomic mass is 16.5. The van der Waals surface area contributed by atoms with Gasteiger partial charge in [0.15, 0.2) is 5.69 Å². The molecule has 1 aliphatic heterocycles. The molecule has 0 fully saturated rings. The number of nitrogens with one attached hydrogen (secondary N) is 1. The Balaban J connectivity index is 1.32. The van der Waals surface area contributed by atoms with E-state index < -0.39 is 0 Å². The first-order valence-corrected chi connectivity index (χ1v) is 11.8. The standard InChI is InChI=1S/C26H29N7O2/c1-35-13-12-32-24-9-11-31(17-21-16-29-33(18-21)22-7-3-2-4-8-22)19-23(24)25(30-32)26(34)28-15-20-6-5-10-27-14-20/h2-8,10,14,16,18H,9,11-13,15,17,19H2,1H3,(H,28,34). The number of carbonyl (C=O) groups excluding carboxylic acids is 1. The number of hydrogen-bond donors (Lipinski definition) is 1. The van der Waals surface area contributed by atoms with Crippen LogP contribution in [0.5, 0.6) is 0 Å². The van der Waals surface area contributed by atoms with Crippen LogP contribution in [0.4, 0.5) is 0 Å². The van der Waals surface area contributed by atoms with Crippen molar-refractivity contribution in [3.8, 4) is 5.69 Å². The maximum absolute atomic E-state index is 13.1. The van der Waals surface area contributed by atoms with Crippen molar-refractivity contribution in [2.75, 3.05) is 20.3 Å². The van der Waals surface area contributed by atoms with E-state index >= 15 is 0 Å². The maximum atomic E-state index is 13.1. The number of aromatic nitrogens is 5. The van der Waals surface area contributed by atoms with E-state index in [0.29, 0.717) is 31.9 Å². The maximum Gasteiger partial charge on any atom is 0.272 e. The minimum absolute atomic E-state index is 0.167. The number of amides is 1. The van der Waals surface area contributed by atoms with Crippen LogP contribution >= 0.6 is 0 Å². The smallest absolute Gasteiger partial charge is 0.272 e. The van der Waals surface area contributed by atoms with Gasteiger partial charge in [0.1, 0.15) is 0 Å². The van der Waals surface area contributed by atoms with Crippen LogP contribution in [-0.2, 0) is 37.3 Å². The molecule has 3 aromatic heterocycles. The number of rotatable bonds is 9. The van der Waals surface area contributed by atoms with Crippen molar-refractivity contribution in [3.05, 3.63) is 95.3 Å². The summed E-state index contributed by atoms with van der Waals surface area (Å²) in [5.41, 5.74) is 5.71. The zero-order chi connectivity index (χ0) is 24.0. The largest absolute Gasteiger partial charge is 0.383 e. The number of pyridine rings is 1. The fraction of sp³-hybridized carbons (Fsp3) is 0.308. The first-order valence-electron chi connectivity index (χ1n) is 11.8. The predicted molar refractivity (Wildman–Crippen MR) is 131 cm³/mol. The Morgan fingerprint density at radius 1 is 1.11 bits per heavy atom. The molecule has 4 aromatic rings. The molecule has 5 rings (SSSR count). The van der Waals surface area contributed by atoms with Gasteiger partial charge in [-0.1, -0.05) is 24.3 Å². The summed E-state index contributed by atoms with van der Waals surface area (Å²) in [5, 5.41) is 12.2. The Bertz CT molecular complexity index is 1270. The summed E-state index contributed by atoms with van der Waals surface area (Å²) in [6.07, 6.45) is 8.27. The Hall–Kier alpha value is -3.82. The molecule has 0 spiro atoms. The number of benzene rings is 1. The average molecular weight is 472 g/mol. The van der Waals surface area contributed by atoms with E-state index in [4.69, 9.17) is 9.84 Å². The number of fused-ring (bicyclic) bond motifs is 1. The van der Waals surface area contributed by atoms with E-state index in [1.807, 2.05) is 58.0 Å². The lowest BCUT2D eigenvalue weighted by molar-refractivity contribution is 0.0942. The summed E-state index contributed by atoms with van der Waals surface area (Å²) in [4.78, 5) is 19.6. The zero-order valence-corrected chi connectivity index (χ0v) is 19.8. The van der Waals surface area contributed by atoms with Crippen LogP contribution in [0.1, 0.15) is 32.9 Å². The second-order valence-electron chi connectivity index (χ2n) is 8.62. The third kappa shape index (κ3) is 5.31. The molecule has 9 heteroatoms. The molecule has 180 valence electrons. The molecule has 1 aromatic carbocycles. The van der Waals surface area contributed by atoms with E-state index in [2.05, 4.69) is 26.5 Å². The summed E-state index contributed by atoms with van der Waals surface area (Å²) < 4.78 is 9.09. The van der Waals surface area contributed by atoms with E-state index in [-0.39, 0.29) is 5.91 Å². The van der Waals surface area contributed by atoms with Gasteiger partial charge in [0, 0.05) is 75.1 Å². The summed E-state index contributed by atoms with van der Waals surface area (Å²) in [6.45, 7) is 3.89. The van der Waals surface area contributed by atoms with Crippen LogP contribution in [0.3, 0.4) is 0 Å². The minimum Gasteiger partial charge on any atom is -0.383 e. The predicted octanol–water partition coefficient (Wildman–Crippen LogP) is 2.60. The summed E-state index contributed by atoms with van der Waals surface area (Å²) >= 11 is 0. The number of para-hydroxylation sites is 1. The van der Waals surface area contributed by atoms with Gasteiger partial charge >= 0.3 is 0 Å². The molecule has 1 aliphatic rings. The van der Waals surface area contributed by atoms with Crippen molar-refractivity contribution in [1.82, 2.24) is 34.8 Å². The van der Waals surface area contributed by atoms with Crippen molar-refractivity contribution in [3.63, 3.8) is 0 Å². The monoisotopic (exact) mass is 471 g/mol. The molecule has 0 aliphatic carbocycles. The van der Waals surface area contributed by atoms with Crippen molar-refractivity contribution in [2.45, 2.75) is 32.6 Å². The summed E-state index contributed by atoms with van der Waals surface area (Å²) in [7, 11) is 1.68. The highest BCUT2D eigenvalue weighted by molar-refractivity contribution is 5.94. The van der Waals surface area contributed by atoms with E-state index in [0.717, 1.165) is 47.6 Å². The van der Waals surface area contributed by atoms with Crippen LogP contribution < -0.4 is 5.32 Å². The minimum atomic E-state index is -0.167. The lowest BCUT2D eigenvalue weighted by atomic mass is 10.0. The van der Waals surface area contributed by atoms with Crippen LogP contribution in [0.15, 0.2) is 67.3 Å². The molecule has 0 saturated carbocycles. The Labute approximate surface area is 204 Å². The third-order valence-corrected chi connectivity index (χ3v) is 6.17. The van der Waals surface area contributed by atoms with Crippen LogP contribution in [-0.4, -0.2) is 55.6 Å². The van der Waals surface area contributed by atoms with Crippen molar-refractivity contribution in [2.24, 2.45) is 0 Å². The highest BCUT2D eigenvalue weighted by Crippen LogP contribution is 2.24. The first kappa shape index (κ1) is 22.9. The second kappa shape index (κ2) is 10.6. The van der Waals surface area contributed by atoms with Gasteiger partial charge in [-0.05, 0) is 23.8 Å². The van der Waals surface area contributed by atoms with Crippen LogP contribution in [0.2, 0.25) is 0 Å². The quantitative estimate of drug-likeness (QED) is 0.404. The fourth-order valence-electron chi connectivity index (χ4n) is 4.42. The van der Waals surface area contributed by atoms with E-state index in [9.17, 15) is 4.79 Å². The van der Waals surface area contributed by atoms with Gasteiger partial charge in [-0.2, -0.15) is 10.2 Å². The first-order chi connectivity index (χ1) is 17.2. The molecule has 4 heterocycles. The molecule has 9 nitrogen and oxygen atoms in total. The van der Waals surface area contributed by atoms with Gasteiger partial charge in [-0.25, -0.2) is 4.68 Å². The van der Waals surface area contributed by atoms with Gasteiger partial charge in [-0.3, -0.25) is 19.4 Å². The van der Waals surface area contributed by atoms with Gasteiger partial charge in [0.25, 0.3) is 5.91 Å². The topological polar surface area (TPSA) is 90.1 Å². The number of hydrogen-bond acceptors (Lipinski definition) is 6. The van der Waals surface area contributed by atoms with Gasteiger partial charge in [-0.15, -0.1) is 0 Å². The van der Waals surface area contributed by atoms with Gasteiger partial charge in [0.05, 0.1) is 25.0 Å². The van der Waals surface area contributed by atoms with E-state index in [1.165, 1.54) is 0 Å².